The van der Waals surface area contributed by atoms with Crippen molar-refractivity contribution in [2.24, 2.45) is 0 Å². The van der Waals surface area contributed by atoms with Crippen LogP contribution in [-0.2, 0) is 14.3 Å². The summed E-state index contributed by atoms with van der Waals surface area (Å²) in [7, 11) is 0. The molecular weight excluding hydrogens is 445 g/mol. The average molecular weight is 463 g/mol. The van der Waals surface area contributed by atoms with Crippen LogP contribution in [0, 0.1) is 0 Å². The fraction of sp³-hybridized carbons (Fsp3) is 0.0909. The first-order valence-corrected chi connectivity index (χ1v) is 9.51. The maximum Gasteiger partial charge on any atom is 0.337 e. The molecule has 0 aliphatic rings. The quantitative estimate of drug-likeness (QED) is 0.442. The molecule has 32 heavy (non-hydrogen) atoms. The Labute approximate surface area is 211 Å². The molecule has 0 saturated heterocycles. The zero-order valence-electron chi connectivity index (χ0n) is 17.2. The molecule has 1 heterocycles. The third-order valence-corrected chi connectivity index (χ3v) is 4.35. The number of nitrogens with zero attached hydrogens (tertiary/aromatic N) is 1. The van der Waals surface area contributed by atoms with Crippen molar-refractivity contribution < 1.29 is 24.2 Å². The van der Waals surface area contributed by atoms with Crippen LogP contribution in [0.3, 0.4) is 0 Å². The Morgan fingerprint density at radius 1 is 0.906 bits per heavy atom. The number of carbonyl (C=O) groups is 3. The van der Waals surface area contributed by atoms with E-state index in [1.807, 2.05) is 30.3 Å². The number of carbonyl (C=O) groups excluding carboxylic acids is 2. The van der Waals surface area contributed by atoms with Crippen LogP contribution in [-0.4, -0.2) is 70.6 Å². The number of amides is 2. The minimum Gasteiger partial charge on any atom is -0.478 e. The molecule has 3 N–H and O–H groups in total. The molecule has 3 rings (SSSR count). The Bertz CT molecular complexity index is 1110. The van der Waals surface area contributed by atoms with Gasteiger partial charge in [-0.1, -0.05) is 23.7 Å². The molecular formula is C22H18ClN3NaO5. The summed E-state index contributed by atoms with van der Waals surface area (Å²) in [5.74, 6) is -2.26. The van der Waals surface area contributed by atoms with E-state index in [0.29, 0.717) is 5.69 Å². The summed E-state index contributed by atoms with van der Waals surface area (Å²) in [4.78, 5) is 39.4. The maximum atomic E-state index is 12.1. The van der Waals surface area contributed by atoms with Crippen molar-refractivity contribution in [1.29, 1.82) is 0 Å². The Hall–Kier alpha value is -2.75. The van der Waals surface area contributed by atoms with E-state index in [4.69, 9.17) is 16.3 Å². The van der Waals surface area contributed by atoms with Crippen LogP contribution >= 0.6 is 11.6 Å². The fourth-order valence-electron chi connectivity index (χ4n) is 2.74. The molecule has 0 fully saturated rings. The molecule has 2 amide bonds. The number of halogens is 1. The number of aromatic carboxylic acids is 1. The maximum absolute atomic E-state index is 12.1. The van der Waals surface area contributed by atoms with E-state index in [2.05, 4.69) is 15.6 Å². The molecule has 0 spiro atoms. The number of nitrogens with one attached hydrogen (secondary N) is 2. The molecule has 0 aliphatic heterocycles. The topological polar surface area (TPSA) is 118 Å². The Morgan fingerprint density at radius 2 is 1.59 bits per heavy atom. The number of benzene rings is 2. The molecule has 0 unspecified atom stereocenters. The van der Waals surface area contributed by atoms with Crippen LogP contribution in [0.15, 0.2) is 67.0 Å². The number of hydrogen-bond donors (Lipinski definition) is 3. The van der Waals surface area contributed by atoms with Crippen LogP contribution in [0.2, 0.25) is 5.02 Å². The normalized spacial score (nSPS) is 10.0. The van der Waals surface area contributed by atoms with E-state index >= 15 is 0 Å². The van der Waals surface area contributed by atoms with Gasteiger partial charge in [0.15, 0.2) is 0 Å². The first-order chi connectivity index (χ1) is 14.9. The Kier molecular flexibility index (Phi) is 9.83. The van der Waals surface area contributed by atoms with Gasteiger partial charge in [-0.15, -0.1) is 0 Å². The van der Waals surface area contributed by atoms with Gasteiger partial charge in [-0.3, -0.25) is 14.6 Å². The molecule has 3 aromatic rings. The van der Waals surface area contributed by atoms with Crippen molar-refractivity contribution in [1.82, 2.24) is 4.98 Å². The predicted octanol–water partition coefficient (Wildman–Crippen LogP) is 3.31. The third-order valence-electron chi connectivity index (χ3n) is 4.11. The van der Waals surface area contributed by atoms with Gasteiger partial charge in [0.05, 0.1) is 11.3 Å². The van der Waals surface area contributed by atoms with Crippen LogP contribution < -0.4 is 10.6 Å². The summed E-state index contributed by atoms with van der Waals surface area (Å²) < 4.78 is 5.13. The van der Waals surface area contributed by atoms with Crippen LogP contribution in [0.5, 0.6) is 0 Å². The van der Waals surface area contributed by atoms with Crippen LogP contribution in [0.4, 0.5) is 11.4 Å². The van der Waals surface area contributed by atoms with Gasteiger partial charge >= 0.3 is 5.97 Å². The smallest absolute Gasteiger partial charge is 0.337 e. The van der Waals surface area contributed by atoms with E-state index in [0.717, 1.165) is 11.1 Å². The number of aromatic nitrogens is 1. The standard InChI is InChI=1S/C22H18ClN3O5.Na/c23-16-4-5-19(18(11-16)22(29)30)26-21(28)13-31-12-20(27)25-17-3-1-2-15(10-17)14-6-8-24-9-7-14;/h1-11H,12-13H2,(H,25,27)(H,26,28)(H,29,30);. The minimum atomic E-state index is -1.23. The van der Waals surface area contributed by atoms with Gasteiger partial charge in [0.1, 0.15) is 13.2 Å². The number of carboxylic acid groups (broad SMARTS) is 1. The number of carboxylic acids is 1. The molecule has 10 heteroatoms. The van der Waals surface area contributed by atoms with Crippen LogP contribution in [0.25, 0.3) is 11.1 Å². The second-order valence-corrected chi connectivity index (χ2v) is 6.84. The van der Waals surface area contributed by atoms with E-state index in [-0.39, 0.29) is 52.4 Å². The van der Waals surface area contributed by atoms with Gasteiger partial charge in [-0.05, 0) is 53.6 Å². The first-order valence-electron chi connectivity index (χ1n) is 9.13. The summed E-state index contributed by atoms with van der Waals surface area (Å²) >= 11 is 5.78. The molecule has 0 bridgehead atoms. The summed E-state index contributed by atoms with van der Waals surface area (Å²) in [6.45, 7) is -0.772. The minimum absolute atomic E-state index is 0. The summed E-state index contributed by atoms with van der Waals surface area (Å²) in [5, 5.41) is 14.5. The molecule has 0 aliphatic carbocycles. The zero-order chi connectivity index (χ0) is 22.2. The fourth-order valence-corrected chi connectivity index (χ4v) is 2.92. The monoisotopic (exact) mass is 462 g/mol. The van der Waals surface area contributed by atoms with Gasteiger partial charge in [-0.2, -0.15) is 0 Å². The average Bonchev–Trinajstić information content (AvgIpc) is 2.75. The SMILES string of the molecule is O=C(COCC(=O)Nc1ccc(Cl)cc1C(=O)O)Nc1cccc(-c2ccncc2)c1.[Na]. The molecule has 159 valence electrons. The van der Waals surface area contributed by atoms with Crippen molar-refractivity contribution in [3.63, 3.8) is 0 Å². The molecule has 1 aromatic heterocycles. The Balaban J connectivity index is 0.00000363. The predicted molar refractivity (Wildman–Crippen MR) is 122 cm³/mol. The number of pyridine rings is 1. The van der Waals surface area contributed by atoms with Crippen molar-refractivity contribution in [2.75, 3.05) is 23.8 Å². The zero-order valence-corrected chi connectivity index (χ0v) is 19.9. The summed E-state index contributed by atoms with van der Waals surface area (Å²) in [6.07, 6.45) is 3.37. The summed E-state index contributed by atoms with van der Waals surface area (Å²) in [5.41, 5.74) is 2.40. The van der Waals surface area contributed by atoms with Gasteiger partial charge in [0.2, 0.25) is 11.8 Å². The van der Waals surface area contributed by atoms with Crippen molar-refractivity contribution in [2.45, 2.75) is 0 Å². The van der Waals surface area contributed by atoms with Crippen molar-refractivity contribution in [3.05, 3.63) is 77.6 Å². The van der Waals surface area contributed by atoms with Gasteiger partial charge in [0, 0.05) is 52.7 Å². The van der Waals surface area contributed by atoms with Crippen LogP contribution in [0.1, 0.15) is 10.4 Å². The number of ether oxygens (including phenoxy) is 1. The number of anilines is 2. The van der Waals surface area contributed by atoms with E-state index in [1.54, 1.807) is 18.5 Å². The Morgan fingerprint density at radius 3 is 2.28 bits per heavy atom. The third kappa shape index (κ3) is 7.44. The number of rotatable bonds is 8. The van der Waals surface area contributed by atoms with E-state index < -0.39 is 24.4 Å². The first kappa shape index (κ1) is 25.5. The van der Waals surface area contributed by atoms with Gasteiger partial charge < -0.3 is 20.5 Å². The molecule has 1 radical (unpaired) electrons. The van der Waals surface area contributed by atoms with Crippen molar-refractivity contribution >= 4 is 70.3 Å². The van der Waals surface area contributed by atoms with E-state index in [1.165, 1.54) is 18.2 Å². The molecule has 2 aromatic carbocycles. The largest absolute Gasteiger partial charge is 0.478 e. The van der Waals surface area contributed by atoms with Gasteiger partial charge in [-0.25, -0.2) is 4.79 Å². The second kappa shape index (κ2) is 12.3. The second-order valence-electron chi connectivity index (χ2n) is 6.40. The summed E-state index contributed by atoms with van der Waals surface area (Å²) in [6, 6.07) is 15.1. The van der Waals surface area contributed by atoms with E-state index in [9.17, 15) is 19.5 Å². The molecule has 0 saturated carbocycles. The number of hydrogen-bond acceptors (Lipinski definition) is 5. The molecule has 0 atom stereocenters. The van der Waals surface area contributed by atoms with Gasteiger partial charge in [0.25, 0.3) is 0 Å². The van der Waals surface area contributed by atoms with Crippen molar-refractivity contribution in [3.8, 4) is 11.1 Å². The molecule has 8 nitrogen and oxygen atoms in total.